The molecule has 0 aromatic carbocycles. The Balaban J connectivity index is 1.59. The summed E-state index contributed by atoms with van der Waals surface area (Å²) in [5, 5.41) is 3.34. The maximum absolute atomic E-state index is 5.90. The Hall–Kier alpha value is -0.450. The lowest BCUT2D eigenvalue weighted by atomic mass is 10.0. The van der Waals surface area contributed by atoms with Gasteiger partial charge in [-0.3, -0.25) is 4.90 Å². The van der Waals surface area contributed by atoms with Gasteiger partial charge in [-0.1, -0.05) is 0 Å². The Morgan fingerprint density at radius 2 is 2.44 bits per heavy atom. The van der Waals surface area contributed by atoms with Crippen molar-refractivity contribution in [1.82, 2.24) is 9.88 Å². The number of fused-ring (bicyclic) bond motifs is 1. The Labute approximate surface area is 100 Å². The first-order chi connectivity index (χ1) is 7.70. The van der Waals surface area contributed by atoms with Gasteiger partial charge in [-0.15, -0.1) is 11.3 Å². The standard InChI is InChI=1S/C12H18N2OS/c1-8-3-10-4-14(6-12(10)15-8)5-11-7-16-9(2)13-11/h7-8,10,12H,3-6H2,1-2H3/t8-,10+,12-/m1/s1. The normalized spacial score (nSPS) is 34.5. The fraction of sp³-hybridized carbons (Fsp3) is 0.750. The summed E-state index contributed by atoms with van der Waals surface area (Å²) < 4.78 is 5.90. The number of hydrogen-bond donors (Lipinski definition) is 0. The van der Waals surface area contributed by atoms with Crippen molar-refractivity contribution in [1.29, 1.82) is 0 Å². The van der Waals surface area contributed by atoms with Crippen molar-refractivity contribution in [3.05, 3.63) is 16.1 Å². The lowest BCUT2D eigenvalue weighted by Crippen LogP contribution is -2.24. The highest BCUT2D eigenvalue weighted by Crippen LogP contribution is 2.33. The second-order valence-corrected chi connectivity index (χ2v) is 6.10. The molecule has 0 spiro atoms. The molecule has 0 saturated carbocycles. The van der Waals surface area contributed by atoms with Crippen LogP contribution in [0.1, 0.15) is 24.0 Å². The summed E-state index contributed by atoms with van der Waals surface area (Å²) in [5.41, 5.74) is 1.22. The molecule has 1 aromatic rings. The van der Waals surface area contributed by atoms with Crippen LogP contribution in [0.15, 0.2) is 5.38 Å². The first kappa shape index (κ1) is 10.7. The first-order valence-electron chi connectivity index (χ1n) is 5.99. The van der Waals surface area contributed by atoms with Crippen molar-refractivity contribution in [2.24, 2.45) is 5.92 Å². The lowest BCUT2D eigenvalue weighted by molar-refractivity contribution is 0.0477. The van der Waals surface area contributed by atoms with Gasteiger partial charge in [0.05, 0.1) is 22.9 Å². The molecule has 4 heteroatoms. The molecule has 3 rings (SSSR count). The molecule has 0 amide bonds. The largest absolute Gasteiger partial charge is 0.374 e. The Kier molecular flexibility index (Phi) is 2.73. The molecule has 2 saturated heterocycles. The van der Waals surface area contributed by atoms with E-state index in [0.29, 0.717) is 12.2 Å². The Morgan fingerprint density at radius 1 is 1.56 bits per heavy atom. The number of likely N-dealkylation sites (tertiary alicyclic amines) is 1. The molecule has 0 unspecified atom stereocenters. The minimum absolute atomic E-state index is 0.471. The van der Waals surface area contributed by atoms with Gasteiger partial charge in [0.2, 0.25) is 0 Å². The van der Waals surface area contributed by atoms with E-state index in [4.69, 9.17) is 4.74 Å². The van der Waals surface area contributed by atoms with Gasteiger partial charge in [-0.2, -0.15) is 0 Å². The summed E-state index contributed by atoms with van der Waals surface area (Å²) in [4.78, 5) is 7.00. The summed E-state index contributed by atoms with van der Waals surface area (Å²) >= 11 is 1.74. The maximum atomic E-state index is 5.90. The second kappa shape index (κ2) is 4.09. The quantitative estimate of drug-likeness (QED) is 0.788. The lowest BCUT2D eigenvalue weighted by Gasteiger charge is -2.16. The molecule has 16 heavy (non-hydrogen) atoms. The van der Waals surface area contributed by atoms with Gasteiger partial charge in [0, 0.05) is 30.9 Å². The highest BCUT2D eigenvalue weighted by molar-refractivity contribution is 7.09. The first-order valence-corrected chi connectivity index (χ1v) is 6.87. The van der Waals surface area contributed by atoms with E-state index in [9.17, 15) is 0 Å². The molecule has 3 heterocycles. The molecular formula is C12H18N2OS. The highest BCUT2D eigenvalue weighted by Gasteiger charge is 2.40. The van der Waals surface area contributed by atoms with Gasteiger partial charge in [0.25, 0.3) is 0 Å². The number of thiazole rings is 1. The van der Waals surface area contributed by atoms with E-state index >= 15 is 0 Å². The van der Waals surface area contributed by atoms with Gasteiger partial charge in [0.15, 0.2) is 0 Å². The van der Waals surface area contributed by atoms with Crippen LogP contribution in [0, 0.1) is 12.8 Å². The number of aromatic nitrogens is 1. The average Bonchev–Trinajstić information content (AvgIpc) is 2.81. The summed E-state index contributed by atoms with van der Waals surface area (Å²) in [6.07, 6.45) is 2.19. The van der Waals surface area contributed by atoms with E-state index in [1.54, 1.807) is 11.3 Å². The van der Waals surface area contributed by atoms with Crippen LogP contribution >= 0.6 is 11.3 Å². The Morgan fingerprint density at radius 3 is 3.12 bits per heavy atom. The topological polar surface area (TPSA) is 25.4 Å². The fourth-order valence-electron chi connectivity index (χ4n) is 2.93. The van der Waals surface area contributed by atoms with Crippen LogP contribution in [0.3, 0.4) is 0 Å². The van der Waals surface area contributed by atoms with Crippen LogP contribution in [0.2, 0.25) is 0 Å². The molecule has 0 radical (unpaired) electrons. The third kappa shape index (κ3) is 2.01. The minimum atomic E-state index is 0.471. The SMILES string of the molecule is Cc1nc(CN2C[C@@H]3C[C@@H](C)O[C@@H]3C2)cs1. The third-order valence-corrected chi connectivity index (χ3v) is 4.37. The van der Waals surface area contributed by atoms with Crippen molar-refractivity contribution in [2.45, 2.75) is 39.0 Å². The Bertz CT molecular complexity index is 365. The zero-order valence-electron chi connectivity index (χ0n) is 9.85. The maximum Gasteiger partial charge on any atom is 0.0897 e. The van der Waals surface area contributed by atoms with Crippen LogP contribution in [-0.2, 0) is 11.3 Å². The van der Waals surface area contributed by atoms with Crippen LogP contribution in [0.5, 0.6) is 0 Å². The number of rotatable bonds is 2. The van der Waals surface area contributed by atoms with Crippen LogP contribution in [0.25, 0.3) is 0 Å². The van der Waals surface area contributed by atoms with Crippen molar-refractivity contribution in [3.63, 3.8) is 0 Å². The number of aryl methyl sites for hydroxylation is 1. The summed E-state index contributed by atoms with van der Waals surface area (Å²) in [5.74, 6) is 0.759. The van der Waals surface area contributed by atoms with E-state index in [0.717, 1.165) is 19.0 Å². The van der Waals surface area contributed by atoms with Gasteiger partial charge in [-0.25, -0.2) is 4.98 Å². The number of hydrogen-bond acceptors (Lipinski definition) is 4. The van der Waals surface area contributed by atoms with E-state index in [1.807, 2.05) is 0 Å². The molecule has 0 N–H and O–H groups in total. The van der Waals surface area contributed by atoms with Crippen LogP contribution < -0.4 is 0 Å². The summed E-state index contributed by atoms with van der Waals surface area (Å²) in [6, 6.07) is 0. The molecule has 3 nitrogen and oxygen atoms in total. The second-order valence-electron chi connectivity index (χ2n) is 5.03. The third-order valence-electron chi connectivity index (χ3n) is 3.55. The van der Waals surface area contributed by atoms with Crippen molar-refractivity contribution in [2.75, 3.05) is 13.1 Å². The number of ether oxygens (including phenoxy) is 1. The molecule has 2 fully saturated rings. The zero-order valence-corrected chi connectivity index (χ0v) is 10.7. The van der Waals surface area contributed by atoms with E-state index in [1.165, 1.54) is 23.7 Å². The molecule has 2 aliphatic heterocycles. The molecule has 88 valence electrons. The van der Waals surface area contributed by atoms with Crippen molar-refractivity contribution in [3.8, 4) is 0 Å². The minimum Gasteiger partial charge on any atom is -0.374 e. The van der Waals surface area contributed by atoms with E-state index in [-0.39, 0.29) is 0 Å². The smallest absolute Gasteiger partial charge is 0.0897 e. The van der Waals surface area contributed by atoms with Crippen molar-refractivity contribution < 1.29 is 4.74 Å². The molecule has 0 aliphatic carbocycles. The van der Waals surface area contributed by atoms with Crippen LogP contribution in [-0.4, -0.2) is 35.2 Å². The van der Waals surface area contributed by atoms with Crippen molar-refractivity contribution >= 4 is 11.3 Å². The fourth-order valence-corrected chi connectivity index (χ4v) is 3.53. The predicted molar refractivity (Wildman–Crippen MR) is 64.6 cm³/mol. The van der Waals surface area contributed by atoms with Gasteiger partial charge < -0.3 is 4.74 Å². The van der Waals surface area contributed by atoms with Crippen LogP contribution in [0.4, 0.5) is 0 Å². The predicted octanol–water partition coefficient (Wildman–Crippen LogP) is 2.06. The molecular weight excluding hydrogens is 220 g/mol. The molecule has 1 aromatic heterocycles. The van der Waals surface area contributed by atoms with Gasteiger partial charge in [-0.05, 0) is 20.3 Å². The van der Waals surface area contributed by atoms with E-state index < -0.39 is 0 Å². The summed E-state index contributed by atoms with van der Waals surface area (Å²) in [6.45, 7) is 7.52. The monoisotopic (exact) mass is 238 g/mol. The van der Waals surface area contributed by atoms with Gasteiger partial charge >= 0.3 is 0 Å². The summed E-state index contributed by atoms with van der Waals surface area (Å²) in [7, 11) is 0. The highest BCUT2D eigenvalue weighted by atomic mass is 32.1. The number of nitrogens with zero attached hydrogens (tertiary/aromatic N) is 2. The molecule has 0 bridgehead atoms. The zero-order chi connectivity index (χ0) is 11.1. The molecule has 3 atom stereocenters. The average molecular weight is 238 g/mol. The van der Waals surface area contributed by atoms with Gasteiger partial charge in [0.1, 0.15) is 0 Å². The van der Waals surface area contributed by atoms with E-state index in [2.05, 4.69) is 29.1 Å². The molecule has 2 aliphatic rings.